The summed E-state index contributed by atoms with van der Waals surface area (Å²) in [4.78, 5) is 0. The zero-order chi connectivity index (χ0) is 14.8. The van der Waals surface area contributed by atoms with Crippen LogP contribution in [-0.4, -0.2) is 24.1 Å². The summed E-state index contributed by atoms with van der Waals surface area (Å²) in [5.41, 5.74) is 0.223. The SMILES string of the molecule is CC(C)[C@H](NS(=O)(=O)O)[C@@H](O)c1c(Cl)cccc1Cl. The second-order valence-electron chi connectivity index (χ2n) is 4.44. The third kappa shape index (κ3) is 4.59. The van der Waals surface area contributed by atoms with Crippen LogP contribution < -0.4 is 4.72 Å². The Bertz CT molecular complexity index is 527. The molecule has 1 aromatic rings. The molecule has 0 bridgehead atoms. The molecule has 0 saturated carbocycles. The molecule has 0 aliphatic carbocycles. The number of aliphatic hydroxyl groups is 1. The van der Waals surface area contributed by atoms with Crippen molar-refractivity contribution in [2.75, 3.05) is 0 Å². The summed E-state index contributed by atoms with van der Waals surface area (Å²) in [7, 11) is -4.44. The smallest absolute Gasteiger partial charge is 0.333 e. The van der Waals surface area contributed by atoms with Gasteiger partial charge in [-0.25, -0.2) is 0 Å². The predicted molar refractivity (Wildman–Crippen MR) is 74.7 cm³/mol. The minimum absolute atomic E-state index is 0.223. The van der Waals surface area contributed by atoms with E-state index in [0.29, 0.717) is 0 Å². The second kappa shape index (κ2) is 6.39. The number of halogens is 2. The van der Waals surface area contributed by atoms with Gasteiger partial charge in [0.15, 0.2) is 0 Å². The maximum atomic E-state index is 10.9. The van der Waals surface area contributed by atoms with E-state index in [4.69, 9.17) is 27.8 Å². The first-order valence-corrected chi connectivity index (χ1v) is 7.69. The largest absolute Gasteiger partial charge is 0.387 e. The second-order valence-corrected chi connectivity index (χ2v) is 6.44. The van der Waals surface area contributed by atoms with Crippen LogP contribution >= 0.6 is 23.2 Å². The third-order valence-corrected chi connectivity index (χ3v) is 3.87. The molecule has 1 rings (SSSR count). The van der Waals surface area contributed by atoms with Crippen LogP contribution in [0.5, 0.6) is 0 Å². The van der Waals surface area contributed by atoms with E-state index in [-0.39, 0.29) is 21.5 Å². The minimum Gasteiger partial charge on any atom is -0.387 e. The molecule has 0 spiro atoms. The van der Waals surface area contributed by atoms with Crippen LogP contribution in [-0.2, 0) is 10.3 Å². The van der Waals surface area contributed by atoms with Gasteiger partial charge in [-0.2, -0.15) is 13.1 Å². The van der Waals surface area contributed by atoms with E-state index in [1.165, 1.54) is 12.1 Å². The molecule has 0 fully saturated rings. The Morgan fingerprint density at radius 1 is 1.21 bits per heavy atom. The van der Waals surface area contributed by atoms with Crippen LogP contribution in [0.4, 0.5) is 0 Å². The number of rotatable bonds is 5. The van der Waals surface area contributed by atoms with E-state index < -0.39 is 22.4 Å². The Hall–Kier alpha value is -0.370. The van der Waals surface area contributed by atoms with Crippen molar-refractivity contribution < 1.29 is 18.1 Å². The lowest BCUT2D eigenvalue weighted by molar-refractivity contribution is 0.116. The summed E-state index contributed by atoms with van der Waals surface area (Å²) in [6.45, 7) is 3.38. The molecule has 0 amide bonds. The van der Waals surface area contributed by atoms with E-state index in [9.17, 15) is 13.5 Å². The number of benzene rings is 1. The Kier molecular flexibility index (Phi) is 5.61. The number of aliphatic hydroxyl groups excluding tert-OH is 1. The molecule has 3 N–H and O–H groups in total. The normalized spacial score (nSPS) is 15.5. The summed E-state index contributed by atoms with van der Waals surface area (Å²) < 4.78 is 32.7. The standard InChI is InChI=1S/C11H15Cl2NO4S/c1-6(2)10(14-19(16,17)18)11(15)9-7(12)4-3-5-8(9)13/h3-6,10-11,14-15H,1-2H3,(H,16,17,18)/t10-,11-/m0/s1. The van der Waals surface area contributed by atoms with E-state index in [1.54, 1.807) is 19.9 Å². The van der Waals surface area contributed by atoms with Crippen LogP contribution in [0.25, 0.3) is 0 Å². The van der Waals surface area contributed by atoms with Crippen LogP contribution in [0.2, 0.25) is 10.0 Å². The molecule has 0 aliphatic rings. The van der Waals surface area contributed by atoms with Crippen LogP contribution in [0.1, 0.15) is 25.5 Å². The maximum Gasteiger partial charge on any atom is 0.333 e. The van der Waals surface area contributed by atoms with Gasteiger partial charge in [0.1, 0.15) is 0 Å². The lowest BCUT2D eigenvalue weighted by Gasteiger charge is -2.27. The molecule has 0 aromatic heterocycles. The first kappa shape index (κ1) is 16.7. The fourth-order valence-electron chi connectivity index (χ4n) is 1.71. The Balaban J connectivity index is 3.17. The fraction of sp³-hybridized carbons (Fsp3) is 0.455. The molecule has 2 atom stereocenters. The molecule has 5 nitrogen and oxygen atoms in total. The van der Waals surface area contributed by atoms with E-state index >= 15 is 0 Å². The zero-order valence-electron chi connectivity index (χ0n) is 10.3. The van der Waals surface area contributed by atoms with Gasteiger partial charge in [0, 0.05) is 15.6 Å². The summed E-state index contributed by atoms with van der Waals surface area (Å²) in [5.74, 6) is -0.288. The van der Waals surface area contributed by atoms with Gasteiger partial charge in [0.2, 0.25) is 0 Å². The minimum atomic E-state index is -4.44. The molecule has 0 radical (unpaired) electrons. The molecule has 0 heterocycles. The average molecular weight is 328 g/mol. The quantitative estimate of drug-likeness (QED) is 0.725. The summed E-state index contributed by atoms with van der Waals surface area (Å²) >= 11 is 11.9. The molecule has 0 aliphatic heterocycles. The van der Waals surface area contributed by atoms with Crippen LogP contribution in [0.15, 0.2) is 18.2 Å². The van der Waals surface area contributed by atoms with Gasteiger partial charge in [0.25, 0.3) is 0 Å². The Morgan fingerprint density at radius 2 is 1.68 bits per heavy atom. The molecular formula is C11H15Cl2NO4S. The molecule has 0 unspecified atom stereocenters. The van der Waals surface area contributed by atoms with E-state index in [2.05, 4.69) is 0 Å². The zero-order valence-corrected chi connectivity index (χ0v) is 12.7. The van der Waals surface area contributed by atoms with Crippen LogP contribution in [0.3, 0.4) is 0 Å². The van der Waals surface area contributed by atoms with Crippen molar-refractivity contribution in [3.05, 3.63) is 33.8 Å². The van der Waals surface area contributed by atoms with Gasteiger partial charge in [0.05, 0.1) is 12.1 Å². The lowest BCUT2D eigenvalue weighted by Crippen LogP contribution is -2.42. The van der Waals surface area contributed by atoms with Crippen molar-refractivity contribution in [2.24, 2.45) is 5.92 Å². The third-order valence-electron chi connectivity index (χ3n) is 2.64. The van der Waals surface area contributed by atoms with Crippen molar-refractivity contribution in [3.8, 4) is 0 Å². The number of nitrogens with one attached hydrogen (secondary N) is 1. The maximum absolute atomic E-state index is 10.9. The molecular weight excluding hydrogens is 313 g/mol. The average Bonchev–Trinajstić information content (AvgIpc) is 2.23. The van der Waals surface area contributed by atoms with Crippen LogP contribution in [0, 0.1) is 5.92 Å². The molecule has 108 valence electrons. The summed E-state index contributed by atoms with van der Waals surface area (Å²) in [5, 5.41) is 10.7. The predicted octanol–water partition coefficient (Wildman–Crippen LogP) is 2.44. The Morgan fingerprint density at radius 3 is 2.05 bits per heavy atom. The Labute approximate surface area is 122 Å². The first-order chi connectivity index (χ1) is 8.63. The number of hydrogen-bond acceptors (Lipinski definition) is 3. The van der Waals surface area contributed by atoms with E-state index in [1.807, 2.05) is 4.72 Å². The molecule has 0 saturated heterocycles. The highest BCUT2D eigenvalue weighted by atomic mass is 35.5. The number of hydrogen-bond donors (Lipinski definition) is 3. The monoisotopic (exact) mass is 327 g/mol. The highest BCUT2D eigenvalue weighted by Crippen LogP contribution is 2.33. The fourth-order valence-corrected chi connectivity index (χ4v) is 3.08. The van der Waals surface area contributed by atoms with Gasteiger partial charge in [-0.3, -0.25) is 4.55 Å². The molecule has 8 heteroatoms. The summed E-state index contributed by atoms with van der Waals surface area (Å²) in [6, 6.07) is 3.74. The van der Waals surface area contributed by atoms with Gasteiger partial charge < -0.3 is 5.11 Å². The van der Waals surface area contributed by atoms with Gasteiger partial charge >= 0.3 is 10.3 Å². The summed E-state index contributed by atoms with van der Waals surface area (Å²) in [6.07, 6.45) is -1.27. The molecule has 1 aromatic carbocycles. The van der Waals surface area contributed by atoms with E-state index in [0.717, 1.165) is 0 Å². The van der Waals surface area contributed by atoms with Crippen molar-refractivity contribution in [2.45, 2.75) is 26.0 Å². The molecule has 19 heavy (non-hydrogen) atoms. The highest BCUT2D eigenvalue weighted by molar-refractivity contribution is 7.83. The van der Waals surface area contributed by atoms with Crippen molar-refractivity contribution in [1.82, 2.24) is 4.72 Å². The van der Waals surface area contributed by atoms with Crippen molar-refractivity contribution >= 4 is 33.5 Å². The topological polar surface area (TPSA) is 86.6 Å². The van der Waals surface area contributed by atoms with Crippen molar-refractivity contribution in [1.29, 1.82) is 0 Å². The van der Waals surface area contributed by atoms with Gasteiger partial charge in [-0.15, -0.1) is 0 Å². The highest BCUT2D eigenvalue weighted by Gasteiger charge is 2.30. The van der Waals surface area contributed by atoms with Gasteiger partial charge in [-0.1, -0.05) is 43.1 Å². The lowest BCUT2D eigenvalue weighted by atomic mass is 9.94. The van der Waals surface area contributed by atoms with Gasteiger partial charge in [-0.05, 0) is 18.1 Å². The van der Waals surface area contributed by atoms with Crippen molar-refractivity contribution in [3.63, 3.8) is 0 Å². The first-order valence-electron chi connectivity index (χ1n) is 5.50.